The number of hydrogen-bond donors (Lipinski definition) is 1. The van der Waals surface area contributed by atoms with Gasteiger partial charge >= 0.3 is 0 Å². The van der Waals surface area contributed by atoms with Crippen LogP contribution in [-0.4, -0.2) is 24.2 Å². The largest absolute Gasteiger partial charge is 0.377 e. The van der Waals surface area contributed by atoms with Crippen LogP contribution >= 0.6 is 0 Å². The fraction of sp³-hybridized carbons (Fsp3) is 0.471. The lowest BCUT2D eigenvalue weighted by molar-refractivity contribution is 0.0318. The van der Waals surface area contributed by atoms with E-state index in [0.29, 0.717) is 0 Å². The van der Waals surface area contributed by atoms with Crippen LogP contribution in [0.3, 0.4) is 0 Å². The van der Waals surface area contributed by atoms with Crippen molar-refractivity contribution in [3.8, 4) is 0 Å². The molecule has 1 aromatic carbocycles. The number of fused-ring (bicyclic) bond motifs is 1. The average molecular weight is 272 g/mol. The molecule has 1 N–H and O–H groups in total. The molecule has 108 valence electrons. The van der Waals surface area contributed by atoms with E-state index in [1.165, 1.54) is 10.9 Å². The van der Waals surface area contributed by atoms with Gasteiger partial charge in [0.2, 0.25) is 0 Å². The predicted octanol–water partition coefficient (Wildman–Crippen LogP) is 3.70. The predicted molar refractivity (Wildman–Crippen MR) is 83.9 cm³/mol. The molecule has 0 spiro atoms. The summed E-state index contributed by atoms with van der Waals surface area (Å²) in [6.07, 6.45) is 3.03. The van der Waals surface area contributed by atoms with Crippen LogP contribution < -0.4 is 5.32 Å². The molecule has 0 aliphatic heterocycles. The Labute approximate surface area is 121 Å². The van der Waals surface area contributed by atoms with E-state index >= 15 is 0 Å². The van der Waals surface area contributed by atoms with Crippen LogP contribution in [0.25, 0.3) is 10.9 Å². The first-order valence-electron chi connectivity index (χ1n) is 7.49. The van der Waals surface area contributed by atoms with E-state index in [1.807, 2.05) is 19.2 Å². The number of hydrogen-bond acceptors (Lipinski definition) is 3. The second kappa shape index (κ2) is 7.36. The van der Waals surface area contributed by atoms with Gasteiger partial charge in [-0.25, -0.2) is 0 Å². The van der Waals surface area contributed by atoms with Gasteiger partial charge in [-0.2, -0.15) is 0 Å². The molecule has 2 atom stereocenters. The summed E-state index contributed by atoms with van der Waals surface area (Å²) in [6, 6.07) is 10.8. The highest BCUT2D eigenvalue weighted by Crippen LogP contribution is 2.24. The minimum atomic E-state index is 0.195. The van der Waals surface area contributed by atoms with Crippen LogP contribution in [0.5, 0.6) is 0 Å². The Morgan fingerprint density at radius 3 is 2.75 bits per heavy atom. The van der Waals surface area contributed by atoms with E-state index in [4.69, 9.17) is 4.74 Å². The first-order chi connectivity index (χ1) is 9.80. The van der Waals surface area contributed by atoms with Gasteiger partial charge in [0.15, 0.2) is 0 Å². The lowest BCUT2D eigenvalue weighted by Crippen LogP contribution is -2.33. The van der Waals surface area contributed by atoms with Gasteiger partial charge in [-0.1, -0.05) is 32.0 Å². The van der Waals surface area contributed by atoms with Gasteiger partial charge in [0.05, 0.1) is 17.7 Å². The van der Waals surface area contributed by atoms with Crippen molar-refractivity contribution in [1.82, 2.24) is 10.3 Å². The van der Waals surface area contributed by atoms with Crippen LogP contribution in [0, 0.1) is 0 Å². The zero-order valence-electron chi connectivity index (χ0n) is 12.6. The van der Waals surface area contributed by atoms with E-state index in [-0.39, 0.29) is 12.1 Å². The normalized spacial score (nSPS) is 14.3. The van der Waals surface area contributed by atoms with Crippen molar-refractivity contribution in [3.63, 3.8) is 0 Å². The summed E-state index contributed by atoms with van der Waals surface area (Å²) in [7, 11) is 0. The van der Waals surface area contributed by atoms with Gasteiger partial charge in [0, 0.05) is 18.2 Å². The summed E-state index contributed by atoms with van der Waals surface area (Å²) in [5.74, 6) is 0. The van der Waals surface area contributed by atoms with E-state index in [9.17, 15) is 0 Å². The Hall–Kier alpha value is -1.45. The van der Waals surface area contributed by atoms with Crippen LogP contribution in [0.15, 0.2) is 36.5 Å². The number of nitrogens with one attached hydrogen (secondary N) is 1. The molecule has 2 rings (SSSR count). The number of nitrogens with zero attached hydrogens (tertiary/aromatic N) is 1. The Morgan fingerprint density at radius 2 is 2.05 bits per heavy atom. The third-order valence-electron chi connectivity index (χ3n) is 3.57. The van der Waals surface area contributed by atoms with Crippen LogP contribution in [0.4, 0.5) is 0 Å². The molecular formula is C17H24N2O. The first kappa shape index (κ1) is 14.9. The van der Waals surface area contributed by atoms with Crippen LogP contribution in [0.1, 0.15) is 38.8 Å². The summed E-state index contributed by atoms with van der Waals surface area (Å²) in [5, 5.41) is 4.72. The fourth-order valence-corrected chi connectivity index (χ4v) is 2.62. The Bertz CT molecular complexity index is 541. The molecule has 1 aromatic heterocycles. The molecule has 3 nitrogen and oxygen atoms in total. The highest BCUT2D eigenvalue weighted by atomic mass is 16.5. The topological polar surface area (TPSA) is 34.2 Å². The number of ether oxygens (including phenoxy) is 1. The number of pyridine rings is 1. The number of rotatable bonds is 7. The first-order valence-corrected chi connectivity index (χ1v) is 7.49. The smallest absolute Gasteiger partial charge is 0.0766 e. The maximum absolute atomic E-state index is 5.89. The second-order valence-electron chi connectivity index (χ2n) is 4.89. The summed E-state index contributed by atoms with van der Waals surface area (Å²) < 4.78 is 5.89. The van der Waals surface area contributed by atoms with Gasteiger partial charge in [-0.05, 0) is 37.6 Å². The standard InChI is InChI=1S/C17H24N2O/c1-4-16(20-6-3)17(18-5-2)14-10-9-13-8-7-11-19-15(13)12-14/h7-12,16-18H,4-6H2,1-3H3. The molecule has 20 heavy (non-hydrogen) atoms. The lowest BCUT2D eigenvalue weighted by atomic mass is 9.98. The lowest BCUT2D eigenvalue weighted by Gasteiger charge is -2.27. The highest BCUT2D eigenvalue weighted by Gasteiger charge is 2.21. The van der Waals surface area contributed by atoms with Crippen molar-refractivity contribution >= 4 is 10.9 Å². The quantitative estimate of drug-likeness (QED) is 0.834. The summed E-state index contributed by atoms with van der Waals surface area (Å²) in [6.45, 7) is 8.02. The molecule has 0 bridgehead atoms. The molecule has 0 aliphatic carbocycles. The summed E-state index contributed by atoms with van der Waals surface area (Å²) in [4.78, 5) is 4.45. The third-order valence-corrected chi connectivity index (χ3v) is 3.57. The fourth-order valence-electron chi connectivity index (χ4n) is 2.62. The minimum Gasteiger partial charge on any atom is -0.377 e. The van der Waals surface area contributed by atoms with Gasteiger partial charge in [0.25, 0.3) is 0 Å². The van der Waals surface area contributed by atoms with Crippen molar-refractivity contribution < 1.29 is 4.74 Å². The van der Waals surface area contributed by atoms with Crippen molar-refractivity contribution in [2.24, 2.45) is 0 Å². The molecule has 1 heterocycles. The molecular weight excluding hydrogens is 248 g/mol. The Kier molecular flexibility index (Phi) is 5.50. The van der Waals surface area contributed by atoms with Gasteiger partial charge in [-0.15, -0.1) is 0 Å². The van der Waals surface area contributed by atoms with E-state index < -0.39 is 0 Å². The number of aromatic nitrogens is 1. The molecule has 0 fully saturated rings. The van der Waals surface area contributed by atoms with Gasteiger partial charge in [-0.3, -0.25) is 4.98 Å². The molecule has 2 aromatic rings. The molecule has 0 radical (unpaired) electrons. The third kappa shape index (κ3) is 3.35. The zero-order chi connectivity index (χ0) is 14.4. The average Bonchev–Trinajstić information content (AvgIpc) is 2.50. The monoisotopic (exact) mass is 272 g/mol. The zero-order valence-corrected chi connectivity index (χ0v) is 12.6. The Morgan fingerprint density at radius 1 is 1.20 bits per heavy atom. The highest BCUT2D eigenvalue weighted by molar-refractivity contribution is 5.79. The second-order valence-corrected chi connectivity index (χ2v) is 4.89. The Balaban J connectivity index is 2.34. The van der Waals surface area contributed by atoms with E-state index in [0.717, 1.165) is 25.1 Å². The molecule has 0 amide bonds. The SMILES string of the molecule is CCNC(c1ccc2cccnc2c1)C(CC)OCC. The maximum Gasteiger partial charge on any atom is 0.0766 e. The number of likely N-dealkylation sites (N-methyl/N-ethyl adjacent to an activating group) is 1. The van der Waals surface area contributed by atoms with E-state index in [1.54, 1.807) is 0 Å². The molecule has 2 unspecified atom stereocenters. The molecule has 0 saturated carbocycles. The minimum absolute atomic E-state index is 0.195. The maximum atomic E-state index is 5.89. The van der Waals surface area contributed by atoms with Crippen molar-refractivity contribution in [2.45, 2.75) is 39.3 Å². The summed E-state index contributed by atoms with van der Waals surface area (Å²) in [5.41, 5.74) is 2.29. The van der Waals surface area contributed by atoms with Crippen molar-refractivity contribution in [3.05, 3.63) is 42.1 Å². The van der Waals surface area contributed by atoms with Crippen LogP contribution in [0.2, 0.25) is 0 Å². The van der Waals surface area contributed by atoms with Gasteiger partial charge in [0.1, 0.15) is 0 Å². The van der Waals surface area contributed by atoms with E-state index in [2.05, 4.69) is 48.4 Å². The van der Waals surface area contributed by atoms with Crippen molar-refractivity contribution in [2.75, 3.05) is 13.2 Å². The molecule has 3 heteroatoms. The molecule has 0 saturated heterocycles. The summed E-state index contributed by atoms with van der Waals surface area (Å²) >= 11 is 0. The molecule has 0 aliphatic rings. The van der Waals surface area contributed by atoms with Crippen LogP contribution in [-0.2, 0) is 4.74 Å². The van der Waals surface area contributed by atoms with Crippen molar-refractivity contribution in [1.29, 1.82) is 0 Å². The number of benzene rings is 1. The van der Waals surface area contributed by atoms with Gasteiger partial charge < -0.3 is 10.1 Å².